The van der Waals surface area contributed by atoms with E-state index in [2.05, 4.69) is 15.7 Å². The molecule has 2 N–H and O–H groups in total. The van der Waals surface area contributed by atoms with Crippen molar-refractivity contribution in [1.82, 2.24) is 15.1 Å². The predicted molar refractivity (Wildman–Crippen MR) is 87.7 cm³/mol. The number of methoxy groups -OCH3 is 1. The summed E-state index contributed by atoms with van der Waals surface area (Å²) in [7, 11) is 1.62. The van der Waals surface area contributed by atoms with Gasteiger partial charge in [-0.2, -0.15) is 5.10 Å². The molecule has 7 heteroatoms. The van der Waals surface area contributed by atoms with E-state index in [1.54, 1.807) is 19.4 Å². The van der Waals surface area contributed by atoms with E-state index in [4.69, 9.17) is 9.47 Å². The average Bonchev–Trinajstić information content (AvgIpc) is 3.07. The number of hydrogen-bond acceptors (Lipinski definition) is 4. The summed E-state index contributed by atoms with van der Waals surface area (Å²) in [5.41, 5.74) is 0.633. The first kappa shape index (κ1) is 16.8. The van der Waals surface area contributed by atoms with Gasteiger partial charge in [0.2, 0.25) is 0 Å². The molecule has 1 aromatic heterocycles. The standard InChI is InChI=1S/C16H22N4O3/c1-22-12-13-23-15-7-3-2-6-14(15)19-16(21)17-8-4-10-20-11-5-9-18-20/h2-3,5-7,9,11H,4,8,10,12-13H2,1H3,(H2,17,19,21). The van der Waals surface area contributed by atoms with Crippen molar-refractivity contribution in [2.24, 2.45) is 0 Å². The van der Waals surface area contributed by atoms with Crippen molar-refractivity contribution in [3.05, 3.63) is 42.7 Å². The van der Waals surface area contributed by atoms with Crippen LogP contribution in [-0.4, -0.2) is 42.7 Å². The Morgan fingerprint density at radius 1 is 1.26 bits per heavy atom. The van der Waals surface area contributed by atoms with Crippen LogP contribution in [0, 0.1) is 0 Å². The van der Waals surface area contributed by atoms with Crippen LogP contribution >= 0.6 is 0 Å². The molecule has 0 aliphatic heterocycles. The molecule has 124 valence electrons. The largest absolute Gasteiger partial charge is 0.489 e. The molecule has 0 bridgehead atoms. The minimum Gasteiger partial charge on any atom is -0.489 e. The monoisotopic (exact) mass is 318 g/mol. The number of carbonyl (C=O) groups is 1. The fraction of sp³-hybridized carbons (Fsp3) is 0.375. The van der Waals surface area contributed by atoms with E-state index in [1.807, 2.05) is 35.1 Å². The van der Waals surface area contributed by atoms with Crippen LogP contribution < -0.4 is 15.4 Å². The number of nitrogens with zero attached hydrogens (tertiary/aromatic N) is 2. The summed E-state index contributed by atoms with van der Waals surface area (Å²) in [6, 6.07) is 8.93. The molecule has 1 heterocycles. The van der Waals surface area contributed by atoms with Gasteiger partial charge in [0.25, 0.3) is 0 Å². The lowest BCUT2D eigenvalue weighted by Gasteiger charge is -2.13. The highest BCUT2D eigenvalue weighted by molar-refractivity contribution is 5.90. The fourth-order valence-electron chi connectivity index (χ4n) is 1.97. The molecule has 23 heavy (non-hydrogen) atoms. The first-order valence-corrected chi connectivity index (χ1v) is 7.52. The number of amides is 2. The van der Waals surface area contributed by atoms with Crippen LogP contribution in [0.4, 0.5) is 10.5 Å². The maximum absolute atomic E-state index is 11.9. The van der Waals surface area contributed by atoms with Crippen LogP contribution in [0.15, 0.2) is 42.7 Å². The van der Waals surface area contributed by atoms with Gasteiger partial charge in [-0.25, -0.2) is 4.79 Å². The molecular formula is C16H22N4O3. The van der Waals surface area contributed by atoms with Gasteiger partial charge in [-0.05, 0) is 24.6 Å². The normalized spacial score (nSPS) is 10.3. The predicted octanol–water partition coefficient (Wildman–Crippen LogP) is 2.12. The summed E-state index contributed by atoms with van der Waals surface area (Å²) in [5, 5.41) is 9.72. The third kappa shape index (κ3) is 5.99. The van der Waals surface area contributed by atoms with Gasteiger partial charge in [0.1, 0.15) is 12.4 Å². The number of aromatic nitrogens is 2. The summed E-state index contributed by atoms with van der Waals surface area (Å²) < 4.78 is 12.4. The highest BCUT2D eigenvalue weighted by atomic mass is 16.5. The van der Waals surface area contributed by atoms with E-state index in [0.29, 0.717) is 31.2 Å². The van der Waals surface area contributed by atoms with Crippen molar-refractivity contribution >= 4 is 11.7 Å². The molecule has 0 saturated carbocycles. The SMILES string of the molecule is COCCOc1ccccc1NC(=O)NCCCn1cccn1. The summed E-state index contributed by atoms with van der Waals surface area (Å²) >= 11 is 0. The second-order valence-corrected chi connectivity index (χ2v) is 4.84. The van der Waals surface area contributed by atoms with E-state index in [-0.39, 0.29) is 6.03 Å². The number of rotatable bonds is 9. The third-order valence-electron chi connectivity index (χ3n) is 3.09. The third-order valence-corrected chi connectivity index (χ3v) is 3.09. The Balaban J connectivity index is 1.73. The zero-order valence-electron chi connectivity index (χ0n) is 13.2. The smallest absolute Gasteiger partial charge is 0.319 e. The molecule has 0 saturated heterocycles. The summed E-state index contributed by atoms with van der Waals surface area (Å²) in [6.07, 6.45) is 4.44. The zero-order valence-corrected chi connectivity index (χ0v) is 13.2. The van der Waals surface area contributed by atoms with Crippen molar-refractivity contribution in [3.63, 3.8) is 0 Å². The number of aryl methyl sites for hydroxylation is 1. The Hall–Kier alpha value is -2.54. The molecule has 0 radical (unpaired) electrons. The number of ether oxygens (including phenoxy) is 2. The second-order valence-electron chi connectivity index (χ2n) is 4.84. The highest BCUT2D eigenvalue weighted by Gasteiger charge is 2.06. The number of carbonyl (C=O) groups excluding carboxylic acids is 1. The maximum atomic E-state index is 11.9. The Bertz CT molecular complexity index is 587. The molecular weight excluding hydrogens is 296 g/mol. The van der Waals surface area contributed by atoms with Crippen LogP contribution in [0.5, 0.6) is 5.75 Å². The fourth-order valence-corrected chi connectivity index (χ4v) is 1.97. The van der Waals surface area contributed by atoms with Crippen molar-refractivity contribution < 1.29 is 14.3 Å². The molecule has 0 spiro atoms. The summed E-state index contributed by atoms with van der Waals surface area (Å²) in [4.78, 5) is 11.9. The molecule has 0 aliphatic rings. The van der Waals surface area contributed by atoms with E-state index in [9.17, 15) is 4.79 Å². The number of urea groups is 1. The van der Waals surface area contributed by atoms with Gasteiger partial charge in [-0.1, -0.05) is 12.1 Å². The van der Waals surface area contributed by atoms with E-state index in [1.165, 1.54) is 0 Å². The van der Waals surface area contributed by atoms with Crippen LogP contribution in [0.2, 0.25) is 0 Å². The van der Waals surface area contributed by atoms with Gasteiger partial charge < -0.3 is 20.1 Å². The molecule has 2 amide bonds. The van der Waals surface area contributed by atoms with Crippen molar-refractivity contribution in [1.29, 1.82) is 0 Å². The van der Waals surface area contributed by atoms with E-state index in [0.717, 1.165) is 13.0 Å². The molecule has 2 aromatic rings. The van der Waals surface area contributed by atoms with Crippen LogP contribution in [0.3, 0.4) is 0 Å². The van der Waals surface area contributed by atoms with Gasteiger partial charge in [0, 0.05) is 32.6 Å². The Kier molecular flexibility index (Phi) is 6.93. The van der Waals surface area contributed by atoms with Gasteiger partial charge in [0.15, 0.2) is 0 Å². The van der Waals surface area contributed by atoms with Gasteiger partial charge in [0.05, 0.1) is 12.3 Å². The lowest BCUT2D eigenvalue weighted by molar-refractivity contribution is 0.146. The van der Waals surface area contributed by atoms with Crippen molar-refractivity contribution in [2.45, 2.75) is 13.0 Å². The molecule has 0 unspecified atom stereocenters. The van der Waals surface area contributed by atoms with Gasteiger partial charge >= 0.3 is 6.03 Å². The Morgan fingerprint density at radius 2 is 2.13 bits per heavy atom. The second kappa shape index (κ2) is 9.47. The number of anilines is 1. The number of para-hydroxylation sites is 2. The molecule has 1 aromatic carbocycles. The van der Waals surface area contributed by atoms with E-state index < -0.39 is 0 Å². The first-order chi connectivity index (χ1) is 11.3. The Labute approximate surface area is 135 Å². The zero-order chi connectivity index (χ0) is 16.3. The Morgan fingerprint density at radius 3 is 2.91 bits per heavy atom. The quantitative estimate of drug-likeness (QED) is 0.694. The molecule has 0 aliphatic carbocycles. The van der Waals surface area contributed by atoms with Crippen molar-refractivity contribution in [3.8, 4) is 5.75 Å². The van der Waals surface area contributed by atoms with Crippen molar-refractivity contribution in [2.75, 3.05) is 32.2 Å². The van der Waals surface area contributed by atoms with Gasteiger partial charge in [-0.3, -0.25) is 4.68 Å². The first-order valence-electron chi connectivity index (χ1n) is 7.52. The number of benzene rings is 1. The lowest BCUT2D eigenvalue weighted by atomic mass is 10.3. The van der Waals surface area contributed by atoms with Gasteiger partial charge in [-0.15, -0.1) is 0 Å². The lowest BCUT2D eigenvalue weighted by Crippen LogP contribution is -2.30. The average molecular weight is 318 g/mol. The molecule has 7 nitrogen and oxygen atoms in total. The van der Waals surface area contributed by atoms with Crippen LogP contribution in [0.1, 0.15) is 6.42 Å². The van der Waals surface area contributed by atoms with Crippen LogP contribution in [-0.2, 0) is 11.3 Å². The maximum Gasteiger partial charge on any atom is 0.319 e. The number of hydrogen-bond donors (Lipinski definition) is 2. The molecule has 0 atom stereocenters. The van der Waals surface area contributed by atoms with E-state index >= 15 is 0 Å². The minimum absolute atomic E-state index is 0.256. The molecule has 2 rings (SSSR count). The topological polar surface area (TPSA) is 77.4 Å². The minimum atomic E-state index is -0.256. The summed E-state index contributed by atoms with van der Waals surface area (Å²) in [6.45, 7) is 2.26. The molecule has 0 fully saturated rings. The summed E-state index contributed by atoms with van der Waals surface area (Å²) in [5.74, 6) is 0.622. The number of nitrogens with one attached hydrogen (secondary N) is 2. The van der Waals surface area contributed by atoms with Crippen LogP contribution in [0.25, 0.3) is 0 Å². The highest BCUT2D eigenvalue weighted by Crippen LogP contribution is 2.23.